The molecular formula is C20H13F6N5O2. The number of rotatable bonds is 3. The van der Waals surface area contributed by atoms with E-state index in [0.29, 0.717) is 16.3 Å². The highest BCUT2D eigenvalue weighted by Crippen LogP contribution is 2.43. The number of aryl methyl sites for hydroxylation is 1. The number of halogens is 6. The number of alkyl halides is 6. The van der Waals surface area contributed by atoms with Gasteiger partial charge < -0.3 is 10.6 Å². The summed E-state index contributed by atoms with van der Waals surface area (Å²) in [5, 5.41) is 8.39. The fourth-order valence-corrected chi connectivity index (χ4v) is 3.54. The van der Waals surface area contributed by atoms with Crippen LogP contribution in [-0.2, 0) is 30.6 Å². The summed E-state index contributed by atoms with van der Waals surface area (Å²) in [6.45, 7) is 0. The molecule has 3 heterocycles. The predicted molar refractivity (Wildman–Crippen MR) is 103 cm³/mol. The van der Waals surface area contributed by atoms with E-state index in [4.69, 9.17) is 0 Å². The van der Waals surface area contributed by atoms with Gasteiger partial charge in [0.25, 0.3) is 5.91 Å². The third-order valence-corrected chi connectivity index (χ3v) is 4.88. The van der Waals surface area contributed by atoms with Crippen molar-refractivity contribution in [3.05, 3.63) is 59.0 Å². The van der Waals surface area contributed by atoms with Gasteiger partial charge in [0.05, 0.1) is 12.1 Å². The van der Waals surface area contributed by atoms with Crippen molar-refractivity contribution in [2.75, 3.05) is 10.6 Å². The van der Waals surface area contributed by atoms with Crippen molar-refractivity contribution in [1.29, 1.82) is 0 Å². The third kappa shape index (κ3) is 4.13. The van der Waals surface area contributed by atoms with Crippen molar-refractivity contribution in [2.45, 2.75) is 18.8 Å². The van der Waals surface area contributed by atoms with Crippen molar-refractivity contribution >= 4 is 23.2 Å². The fourth-order valence-electron chi connectivity index (χ4n) is 3.54. The molecule has 0 aliphatic carbocycles. The van der Waals surface area contributed by atoms with Gasteiger partial charge in [-0.25, -0.2) is 0 Å². The lowest BCUT2D eigenvalue weighted by Crippen LogP contribution is -2.21. The Morgan fingerprint density at radius 3 is 2.52 bits per heavy atom. The zero-order chi connectivity index (χ0) is 24.1. The smallest absolute Gasteiger partial charge is 0.325 e. The van der Waals surface area contributed by atoms with Crippen molar-refractivity contribution in [1.82, 2.24) is 14.8 Å². The number of carbonyl (C=O) groups is 2. The first-order chi connectivity index (χ1) is 15.4. The van der Waals surface area contributed by atoms with Gasteiger partial charge in [-0.15, -0.1) is 0 Å². The molecule has 4 rings (SSSR count). The van der Waals surface area contributed by atoms with Crippen molar-refractivity contribution < 1.29 is 35.9 Å². The van der Waals surface area contributed by atoms with Crippen LogP contribution in [0.2, 0.25) is 0 Å². The molecule has 3 aromatic rings. The number of nitrogens with one attached hydrogen (secondary N) is 2. The average molecular weight is 469 g/mol. The lowest BCUT2D eigenvalue weighted by molar-refractivity contribution is -0.141. The molecule has 0 spiro atoms. The maximum atomic E-state index is 14.1. The molecule has 0 saturated carbocycles. The Hall–Kier alpha value is -3.90. The highest BCUT2D eigenvalue weighted by atomic mass is 19.4. The Balaban J connectivity index is 1.80. The summed E-state index contributed by atoms with van der Waals surface area (Å²) in [6.07, 6.45) is -9.10. The zero-order valence-electron chi connectivity index (χ0n) is 16.6. The van der Waals surface area contributed by atoms with Crippen LogP contribution in [0.25, 0.3) is 11.3 Å². The number of hydrogen-bond donors (Lipinski definition) is 2. The quantitative estimate of drug-likeness (QED) is 0.561. The van der Waals surface area contributed by atoms with E-state index in [1.54, 1.807) is 6.07 Å². The molecule has 0 fully saturated rings. The molecule has 0 atom stereocenters. The minimum absolute atomic E-state index is 0.0196. The van der Waals surface area contributed by atoms with Gasteiger partial charge in [0.15, 0.2) is 0 Å². The summed E-state index contributed by atoms with van der Waals surface area (Å²) in [7, 11) is 1.10. The van der Waals surface area contributed by atoms with Crippen LogP contribution in [0.15, 0.2) is 36.5 Å². The third-order valence-electron chi connectivity index (χ3n) is 4.88. The summed E-state index contributed by atoms with van der Waals surface area (Å²) >= 11 is 0. The fraction of sp³-hybridized carbons (Fsp3) is 0.200. The van der Waals surface area contributed by atoms with Crippen molar-refractivity contribution in [3.8, 4) is 11.3 Å². The minimum Gasteiger partial charge on any atom is -0.325 e. The van der Waals surface area contributed by atoms with E-state index in [1.807, 2.05) is 5.32 Å². The van der Waals surface area contributed by atoms with Crippen LogP contribution in [0.4, 0.5) is 37.7 Å². The number of amides is 2. The van der Waals surface area contributed by atoms with Gasteiger partial charge >= 0.3 is 12.4 Å². The highest BCUT2D eigenvalue weighted by molar-refractivity contribution is 6.07. The molecule has 1 aromatic carbocycles. The van der Waals surface area contributed by atoms with E-state index in [-0.39, 0.29) is 17.7 Å². The van der Waals surface area contributed by atoms with E-state index >= 15 is 0 Å². The molecule has 2 N–H and O–H groups in total. The SMILES string of the molecule is Cn1nc(-c2cccc3c2NC(=O)C3)c(C(F)(F)F)c1C(=O)Nc1ccnc(C(F)(F)F)c1. The standard InChI is InChI=1S/C20H13F6N5O2/c1-31-17(18(33)28-10-5-6-27-12(8-10)19(21,22)23)14(20(24,25)26)16(30-31)11-4-2-3-9-7-13(32)29-15(9)11/h2-6,8H,7H2,1H3,(H,29,32)(H,27,28,33). The average Bonchev–Trinajstić information content (AvgIpc) is 3.26. The van der Waals surface area contributed by atoms with Gasteiger partial charge in [0.2, 0.25) is 5.91 Å². The van der Waals surface area contributed by atoms with Crippen molar-refractivity contribution in [3.63, 3.8) is 0 Å². The zero-order valence-corrected chi connectivity index (χ0v) is 16.6. The van der Waals surface area contributed by atoms with Gasteiger partial charge in [0, 0.05) is 24.5 Å². The summed E-state index contributed by atoms with van der Waals surface area (Å²) in [5.74, 6) is -1.72. The Bertz CT molecular complexity index is 1280. The van der Waals surface area contributed by atoms with E-state index in [2.05, 4.69) is 15.4 Å². The number of para-hydroxylation sites is 1. The number of carbonyl (C=O) groups excluding carboxylic acids is 2. The summed E-state index contributed by atoms with van der Waals surface area (Å²) in [5.41, 5.74) is -4.03. The number of pyridine rings is 1. The summed E-state index contributed by atoms with van der Waals surface area (Å²) in [6, 6.07) is 5.86. The number of fused-ring (bicyclic) bond motifs is 1. The molecule has 0 radical (unpaired) electrons. The lowest BCUT2D eigenvalue weighted by Gasteiger charge is -2.13. The van der Waals surface area contributed by atoms with Crippen LogP contribution < -0.4 is 10.6 Å². The van der Waals surface area contributed by atoms with Crippen LogP contribution in [0.1, 0.15) is 27.3 Å². The normalized spacial score (nSPS) is 13.6. The van der Waals surface area contributed by atoms with Gasteiger partial charge in [-0.2, -0.15) is 31.4 Å². The van der Waals surface area contributed by atoms with E-state index in [9.17, 15) is 35.9 Å². The number of aromatic nitrogens is 3. The van der Waals surface area contributed by atoms with Gasteiger partial charge in [-0.3, -0.25) is 19.3 Å². The molecule has 1 aliphatic rings. The molecule has 7 nitrogen and oxygen atoms in total. The van der Waals surface area contributed by atoms with E-state index in [1.165, 1.54) is 12.1 Å². The second kappa shape index (κ2) is 7.60. The highest BCUT2D eigenvalue weighted by Gasteiger charge is 2.43. The molecule has 13 heteroatoms. The Morgan fingerprint density at radius 2 is 1.85 bits per heavy atom. The largest absolute Gasteiger partial charge is 0.433 e. The van der Waals surface area contributed by atoms with Crippen LogP contribution in [-0.4, -0.2) is 26.6 Å². The molecule has 172 valence electrons. The number of benzene rings is 1. The summed E-state index contributed by atoms with van der Waals surface area (Å²) in [4.78, 5) is 27.6. The first-order valence-electron chi connectivity index (χ1n) is 9.27. The second-order valence-electron chi connectivity index (χ2n) is 7.14. The Morgan fingerprint density at radius 1 is 1.12 bits per heavy atom. The van der Waals surface area contributed by atoms with Crippen LogP contribution in [0.5, 0.6) is 0 Å². The molecular weight excluding hydrogens is 456 g/mol. The maximum Gasteiger partial charge on any atom is 0.433 e. The Labute approximate surface area is 181 Å². The molecule has 2 amide bonds. The number of anilines is 2. The monoisotopic (exact) mass is 469 g/mol. The first kappa shape index (κ1) is 22.3. The summed E-state index contributed by atoms with van der Waals surface area (Å²) < 4.78 is 81.5. The minimum atomic E-state index is -5.04. The van der Waals surface area contributed by atoms with Crippen molar-refractivity contribution in [2.24, 2.45) is 7.05 Å². The number of hydrogen-bond acceptors (Lipinski definition) is 4. The van der Waals surface area contributed by atoms with Gasteiger partial charge in [-0.1, -0.05) is 18.2 Å². The molecule has 2 aromatic heterocycles. The first-order valence-corrected chi connectivity index (χ1v) is 9.27. The van der Waals surface area contributed by atoms with Gasteiger partial charge in [0.1, 0.15) is 22.6 Å². The van der Waals surface area contributed by atoms with E-state index < -0.39 is 52.5 Å². The molecule has 33 heavy (non-hydrogen) atoms. The second-order valence-corrected chi connectivity index (χ2v) is 7.14. The molecule has 1 aliphatic heterocycles. The van der Waals surface area contributed by atoms with Crippen LogP contribution >= 0.6 is 0 Å². The predicted octanol–water partition coefficient (Wildman–Crippen LogP) is 4.27. The number of nitrogens with zero attached hydrogens (tertiary/aromatic N) is 3. The molecule has 0 unspecified atom stereocenters. The molecule has 0 saturated heterocycles. The Kier molecular flexibility index (Phi) is 5.14. The van der Waals surface area contributed by atoms with E-state index in [0.717, 1.165) is 19.3 Å². The van der Waals surface area contributed by atoms with Gasteiger partial charge in [-0.05, 0) is 17.7 Å². The topological polar surface area (TPSA) is 88.9 Å². The molecule has 0 bridgehead atoms. The van der Waals surface area contributed by atoms with Crippen LogP contribution in [0, 0.1) is 0 Å². The van der Waals surface area contributed by atoms with Crippen LogP contribution in [0.3, 0.4) is 0 Å². The lowest BCUT2D eigenvalue weighted by atomic mass is 10.0. The maximum absolute atomic E-state index is 14.1.